The Morgan fingerprint density at radius 2 is 1.88 bits per heavy atom. The number of thiophene rings is 1. The van der Waals surface area contributed by atoms with Crippen LogP contribution in [0.25, 0.3) is 21.0 Å². The van der Waals surface area contributed by atoms with Gasteiger partial charge in [-0.3, -0.25) is 4.90 Å². The summed E-state index contributed by atoms with van der Waals surface area (Å²) in [6.45, 7) is 1.38. The van der Waals surface area contributed by atoms with Gasteiger partial charge in [-0.15, -0.1) is 11.3 Å². The van der Waals surface area contributed by atoms with Crippen LogP contribution in [0.15, 0.2) is 58.8 Å². The number of carbonyl (C=O) groups excluding carboxylic acids is 1. The summed E-state index contributed by atoms with van der Waals surface area (Å²) in [6.07, 6.45) is 0.823. The fraction of sp³-hybridized carbons (Fsp3) is 0.217. The Hall–Kier alpha value is -2.56. The number of anilines is 1. The van der Waals surface area contributed by atoms with Crippen molar-refractivity contribution in [3.63, 3.8) is 0 Å². The molecule has 2 aromatic carbocycles. The molecule has 2 aromatic heterocycles. The Kier molecular flexibility index (Phi) is 5.84. The first-order valence-electron chi connectivity index (χ1n) is 10.4. The number of carbonyl (C=O) groups is 1. The highest BCUT2D eigenvalue weighted by Gasteiger charge is 2.35. The average molecular weight is 501 g/mol. The molecule has 1 aliphatic heterocycles. The van der Waals surface area contributed by atoms with E-state index in [1.165, 1.54) is 15.6 Å². The number of piperazine rings is 1. The molecule has 4 aromatic rings. The van der Waals surface area contributed by atoms with Gasteiger partial charge in [-0.25, -0.2) is 13.4 Å². The standard InChI is InChI=1S/C23H21ClN4O3S2/c24-18-5-3-17-10-23(32-21(17)11-18)33(30,31)28-8-7-27(19(13-28)14-29)12-15-1-2-16-4-6-22(25)26-20(16)9-15/h1-6,9-11,14,19H,7-8,12-13H2,(H2,25,26). The van der Waals surface area contributed by atoms with E-state index in [4.69, 9.17) is 17.3 Å². The number of nitrogen functional groups attached to an aromatic ring is 1. The van der Waals surface area contributed by atoms with Crippen molar-refractivity contribution in [2.75, 3.05) is 25.4 Å². The third-order valence-electron chi connectivity index (χ3n) is 5.87. The Bertz CT molecular complexity index is 1470. The molecule has 0 spiro atoms. The van der Waals surface area contributed by atoms with Crippen LogP contribution in [0.5, 0.6) is 0 Å². The topological polar surface area (TPSA) is 96.6 Å². The third kappa shape index (κ3) is 4.34. The predicted octanol–water partition coefficient (Wildman–Crippen LogP) is 3.76. The lowest BCUT2D eigenvalue weighted by atomic mass is 10.1. The second kappa shape index (κ2) is 8.66. The number of hydrogen-bond acceptors (Lipinski definition) is 7. The minimum atomic E-state index is -3.71. The molecule has 5 rings (SSSR count). The summed E-state index contributed by atoms with van der Waals surface area (Å²) < 4.78 is 29.1. The maximum atomic E-state index is 13.3. The van der Waals surface area contributed by atoms with Crippen molar-refractivity contribution in [3.8, 4) is 0 Å². The lowest BCUT2D eigenvalue weighted by Crippen LogP contribution is -2.54. The van der Waals surface area contributed by atoms with Crippen molar-refractivity contribution in [1.29, 1.82) is 0 Å². The summed E-state index contributed by atoms with van der Waals surface area (Å²) in [7, 11) is -3.71. The zero-order valence-corrected chi connectivity index (χ0v) is 19.9. The summed E-state index contributed by atoms with van der Waals surface area (Å²) in [6, 6.07) is 16.0. The SMILES string of the molecule is Nc1ccc2ccc(CN3CCN(S(=O)(=O)c4cc5ccc(Cl)cc5s4)CC3C=O)cc2n1. The largest absolute Gasteiger partial charge is 0.384 e. The number of aldehydes is 1. The highest BCUT2D eigenvalue weighted by atomic mass is 35.5. The monoisotopic (exact) mass is 500 g/mol. The summed E-state index contributed by atoms with van der Waals surface area (Å²) in [5.41, 5.74) is 7.59. The molecule has 10 heteroatoms. The molecule has 0 radical (unpaired) electrons. The van der Waals surface area contributed by atoms with Gasteiger partial charge in [-0.2, -0.15) is 4.31 Å². The molecular formula is C23H21ClN4O3S2. The number of fused-ring (bicyclic) bond motifs is 2. The van der Waals surface area contributed by atoms with E-state index >= 15 is 0 Å². The van der Waals surface area contributed by atoms with Crippen molar-refractivity contribution < 1.29 is 13.2 Å². The number of benzene rings is 2. The van der Waals surface area contributed by atoms with Crippen LogP contribution < -0.4 is 5.73 Å². The van der Waals surface area contributed by atoms with Gasteiger partial charge in [0.25, 0.3) is 10.0 Å². The van der Waals surface area contributed by atoms with Crippen LogP contribution in [0.4, 0.5) is 5.82 Å². The Morgan fingerprint density at radius 1 is 1.09 bits per heavy atom. The second-order valence-electron chi connectivity index (χ2n) is 8.05. The van der Waals surface area contributed by atoms with Gasteiger partial charge >= 0.3 is 0 Å². The molecule has 7 nitrogen and oxygen atoms in total. The Morgan fingerprint density at radius 3 is 2.70 bits per heavy atom. The van der Waals surface area contributed by atoms with Crippen LogP contribution in [-0.2, 0) is 21.4 Å². The van der Waals surface area contributed by atoms with Gasteiger partial charge < -0.3 is 10.5 Å². The van der Waals surface area contributed by atoms with Crippen LogP contribution in [0.1, 0.15) is 5.56 Å². The summed E-state index contributed by atoms with van der Waals surface area (Å²) >= 11 is 7.24. The van der Waals surface area contributed by atoms with Crippen LogP contribution in [0, 0.1) is 0 Å². The lowest BCUT2D eigenvalue weighted by molar-refractivity contribution is -0.114. The van der Waals surface area contributed by atoms with E-state index in [1.807, 2.05) is 35.2 Å². The van der Waals surface area contributed by atoms with Crippen LogP contribution >= 0.6 is 22.9 Å². The number of hydrogen-bond donors (Lipinski definition) is 1. The summed E-state index contributed by atoms with van der Waals surface area (Å²) in [5, 5.41) is 2.38. The highest BCUT2D eigenvalue weighted by Crippen LogP contribution is 2.33. The van der Waals surface area contributed by atoms with E-state index < -0.39 is 16.1 Å². The first kappa shape index (κ1) is 22.2. The van der Waals surface area contributed by atoms with Crippen molar-refractivity contribution in [2.45, 2.75) is 16.8 Å². The molecule has 170 valence electrons. The molecule has 0 bridgehead atoms. The van der Waals surface area contributed by atoms with Gasteiger partial charge in [-0.05, 0) is 47.3 Å². The van der Waals surface area contributed by atoms with E-state index in [1.54, 1.807) is 24.3 Å². The van der Waals surface area contributed by atoms with E-state index in [9.17, 15) is 13.2 Å². The van der Waals surface area contributed by atoms with Crippen LogP contribution in [-0.4, -0.2) is 54.6 Å². The molecule has 0 amide bonds. The van der Waals surface area contributed by atoms with E-state index in [0.717, 1.165) is 32.8 Å². The highest BCUT2D eigenvalue weighted by molar-refractivity contribution is 7.91. The maximum Gasteiger partial charge on any atom is 0.252 e. The fourth-order valence-corrected chi connectivity index (χ4v) is 7.39. The van der Waals surface area contributed by atoms with Gasteiger partial charge in [-0.1, -0.05) is 29.8 Å². The molecule has 1 aliphatic rings. The number of rotatable bonds is 5. The molecule has 3 heterocycles. The zero-order valence-electron chi connectivity index (χ0n) is 17.5. The number of sulfonamides is 1. The average Bonchev–Trinajstić information content (AvgIpc) is 3.23. The number of nitrogens with zero attached hydrogens (tertiary/aromatic N) is 3. The second-order valence-corrected chi connectivity index (χ2v) is 11.7. The number of aromatic nitrogens is 1. The summed E-state index contributed by atoms with van der Waals surface area (Å²) in [4.78, 5) is 18.3. The maximum absolute atomic E-state index is 13.3. The Labute approximate surface area is 200 Å². The van der Waals surface area contributed by atoms with E-state index in [2.05, 4.69) is 4.98 Å². The van der Waals surface area contributed by atoms with Crippen molar-refractivity contribution in [2.24, 2.45) is 0 Å². The molecule has 33 heavy (non-hydrogen) atoms. The van der Waals surface area contributed by atoms with Crippen molar-refractivity contribution in [1.82, 2.24) is 14.2 Å². The third-order valence-corrected chi connectivity index (χ3v) is 9.52. The smallest absolute Gasteiger partial charge is 0.252 e. The molecule has 2 N–H and O–H groups in total. The van der Waals surface area contributed by atoms with Gasteiger partial charge in [0.15, 0.2) is 0 Å². The molecule has 1 saturated heterocycles. The van der Waals surface area contributed by atoms with Crippen molar-refractivity contribution in [3.05, 3.63) is 65.2 Å². The minimum absolute atomic E-state index is 0.111. The Balaban J connectivity index is 1.35. The molecule has 0 aliphatic carbocycles. The normalized spacial score (nSPS) is 18.2. The first-order valence-corrected chi connectivity index (χ1v) is 13.0. The van der Waals surface area contributed by atoms with Gasteiger partial charge in [0, 0.05) is 41.3 Å². The molecule has 1 fully saturated rings. The number of nitrogens with two attached hydrogens (primary N) is 1. The molecule has 1 atom stereocenters. The fourth-order valence-electron chi connectivity index (χ4n) is 4.11. The predicted molar refractivity (Wildman–Crippen MR) is 132 cm³/mol. The minimum Gasteiger partial charge on any atom is -0.384 e. The molecule has 1 unspecified atom stereocenters. The zero-order chi connectivity index (χ0) is 23.2. The summed E-state index contributed by atoms with van der Waals surface area (Å²) in [5.74, 6) is 0.452. The van der Waals surface area contributed by atoms with Crippen molar-refractivity contribution >= 4 is 66.1 Å². The molecule has 0 saturated carbocycles. The van der Waals surface area contributed by atoms with Gasteiger partial charge in [0.1, 0.15) is 16.3 Å². The number of halogens is 1. The van der Waals surface area contributed by atoms with Gasteiger partial charge in [0.05, 0.1) is 11.6 Å². The lowest BCUT2D eigenvalue weighted by Gasteiger charge is -2.38. The number of pyridine rings is 1. The first-order chi connectivity index (χ1) is 15.8. The van der Waals surface area contributed by atoms with E-state index in [0.29, 0.717) is 30.5 Å². The quantitative estimate of drug-likeness (QED) is 0.419. The van der Waals surface area contributed by atoms with Gasteiger partial charge in [0.2, 0.25) is 0 Å². The van der Waals surface area contributed by atoms with Crippen LogP contribution in [0.2, 0.25) is 5.02 Å². The van der Waals surface area contributed by atoms with Crippen LogP contribution in [0.3, 0.4) is 0 Å². The molecular weight excluding hydrogens is 480 g/mol. The van der Waals surface area contributed by atoms with E-state index in [-0.39, 0.29) is 10.8 Å².